The second-order valence-electron chi connectivity index (χ2n) is 10.0. The van der Waals surface area contributed by atoms with E-state index in [1.807, 2.05) is 6.92 Å². The van der Waals surface area contributed by atoms with Crippen molar-refractivity contribution >= 4 is 23.5 Å². The molecule has 1 unspecified atom stereocenters. The van der Waals surface area contributed by atoms with Crippen LogP contribution in [-0.4, -0.2) is 30.1 Å². The molecule has 0 aromatic heterocycles. The van der Waals surface area contributed by atoms with Crippen LogP contribution in [0.1, 0.15) is 33.1 Å². The summed E-state index contributed by atoms with van der Waals surface area (Å²) in [4.78, 5) is 0. The first-order valence-electron chi connectivity index (χ1n) is 9.44. The minimum absolute atomic E-state index is 0.481. The van der Waals surface area contributed by atoms with E-state index in [2.05, 4.69) is 71.5 Å². The lowest BCUT2D eigenvalue weighted by atomic mass is 9.89. The Balaban J connectivity index is 3.06. The average molecular weight is 385 g/mol. The second-order valence-corrected chi connectivity index (χ2v) is 31.7. The molecule has 0 radical (unpaired) electrons. The Morgan fingerprint density at radius 2 is 1.71 bits per heavy atom. The molecule has 0 bridgehead atoms. The van der Waals surface area contributed by atoms with Gasteiger partial charge >= 0.3 is 0 Å². The molecule has 1 atom stereocenters. The third-order valence-corrected chi connectivity index (χ3v) is 27.1. The van der Waals surface area contributed by atoms with Crippen LogP contribution in [0, 0.1) is 0 Å². The fraction of sp³-hybridized carbons (Fsp3) is 0.789. The first-order valence-corrected chi connectivity index (χ1v) is 20.4. The van der Waals surface area contributed by atoms with Gasteiger partial charge in [0.05, 0.1) is 6.61 Å². The van der Waals surface area contributed by atoms with Gasteiger partial charge in [-0.05, 0) is 56.4 Å². The number of rotatable bonds is 7. The van der Waals surface area contributed by atoms with Gasteiger partial charge in [0.1, 0.15) is 0 Å². The Bertz CT molecular complexity index is 496. The fourth-order valence-electron chi connectivity index (χ4n) is 3.43. The van der Waals surface area contributed by atoms with Crippen molar-refractivity contribution in [3.05, 3.63) is 23.7 Å². The summed E-state index contributed by atoms with van der Waals surface area (Å²) in [7, 11) is -4.07. The third kappa shape index (κ3) is 5.36. The standard InChI is InChI=1S/C19H40O2Si3/c1-11-20-18(21-22(3,4)5)15-17-13-12-14-19(2,16-17)24(9,10)23(6,7)8/h13,15H,11-12,14,16H2,1-10H3/b18-15-. The largest absolute Gasteiger partial charge is 0.520 e. The van der Waals surface area contributed by atoms with E-state index in [4.69, 9.17) is 9.16 Å². The van der Waals surface area contributed by atoms with Crippen LogP contribution in [0.3, 0.4) is 0 Å². The first-order chi connectivity index (χ1) is 10.7. The van der Waals surface area contributed by atoms with Gasteiger partial charge in [0.15, 0.2) is 0 Å². The smallest absolute Gasteiger partial charge is 0.265 e. The molecule has 0 aliphatic heterocycles. The topological polar surface area (TPSA) is 18.5 Å². The van der Waals surface area contributed by atoms with Gasteiger partial charge in [0, 0.05) is 21.3 Å². The molecule has 24 heavy (non-hydrogen) atoms. The van der Waals surface area contributed by atoms with Crippen LogP contribution in [0.4, 0.5) is 0 Å². The van der Waals surface area contributed by atoms with Crippen molar-refractivity contribution in [3.8, 4) is 0 Å². The maximum Gasteiger partial charge on any atom is 0.265 e. The molecule has 0 amide bonds. The van der Waals surface area contributed by atoms with Gasteiger partial charge in [-0.2, -0.15) is 0 Å². The van der Waals surface area contributed by atoms with Gasteiger partial charge < -0.3 is 9.16 Å². The van der Waals surface area contributed by atoms with E-state index in [-0.39, 0.29) is 0 Å². The minimum atomic E-state index is -1.65. The van der Waals surface area contributed by atoms with Gasteiger partial charge in [-0.15, -0.1) is 0 Å². The first kappa shape index (κ1) is 21.8. The molecule has 0 saturated heterocycles. The highest BCUT2D eigenvalue weighted by Crippen LogP contribution is 2.53. The highest BCUT2D eigenvalue weighted by Gasteiger charge is 2.51. The van der Waals surface area contributed by atoms with Gasteiger partial charge in [-0.1, -0.05) is 45.7 Å². The summed E-state index contributed by atoms with van der Waals surface area (Å²) in [6.45, 7) is 24.8. The zero-order chi connectivity index (χ0) is 18.8. The monoisotopic (exact) mass is 384 g/mol. The third-order valence-electron chi connectivity index (χ3n) is 6.08. The lowest BCUT2D eigenvalue weighted by molar-refractivity contribution is 0.112. The van der Waals surface area contributed by atoms with Crippen LogP contribution in [-0.2, 0) is 9.16 Å². The van der Waals surface area contributed by atoms with Crippen molar-refractivity contribution in [2.45, 2.75) is 90.5 Å². The number of allylic oxidation sites excluding steroid dienone is 3. The summed E-state index contributed by atoms with van der Waals surface area (Å²) in [6.07, 6.45) is 8.31. The van der Waals surface area contributed by atoms with Crippen molar-refractivity contribution < 1.29 is 9.16 Å². The van der Waals surface area contributed by atoms with E-state index in [0.29, 0.717) is 11.6 Å². The summed E-state index contributed by atoms with van der Waals surface area (Å²) in [5.41, 5.74) is 1.42. The molecule has 1 aliphatic rings. The SMILES string of the molecule is CCO/C(=C/C1=CCCC(C)([Si](C)(C)[Si](C)(C)C)C1)O[Si](C)(C)C. The normalized spacial score (nSPS) is 23.8. The molecule has 0 spiro atoms. The van der Waals surface area contributed by atoms with E-state index in [9.17, 15) is 0 Å². The van der Waals surface area contributed by atoms with E-state index < -0.39 is 23.5 Å². The molecule has 0 aromatic carbocycles. The molecule has 0 saturated carbocycles. The molecule has 0 heterocycles. The Hall–Kier alpha value is -0.269. The Labute approximate surface area is 153 Å². The summed E-state index contributed by atoms with van der Waals surface area (Å²) in [6, 6.07) is 0. The summed E-state index contributed by atoms with van der Waals surface area (Å²) in [5, 5.41) is 0.481. The fourth-order valence-corrected chi connectivity index (χ4v) is 13.5. The van der Waals surface area contributed by atoms with Crippen LogP contribution < -0.4 is 0 Å². The van der Waals surface area contributed by atoms with E-state index >= 15 is 0 Å². The van der Waals surface area contributed by atoms with Crippen LogP contribution in [0.25, 0.3) is 0 Å². The summed E-state index contributed by atoms with van der Waals surface area (Å²) in [5.74, 6) is 0.736. The van der Waals surface area contributed by atoms with Crippen molar-refractivity contribution in [1.29, 1.82) is 0 Å². The molecule has 1 rings (SSSR count). The van der Waals surface area contributed by atoms with Crippen LogP contribution >= 0.6 is 0 Å². The van der Waals surface area contributed by atoms with Crippen LogP contribution in [0.5, 0.6) is 0 Å². The van der Waals surface area contributed by atoms with Crippen LogP contribution in [0.2, 0.25) is 57.4 Å². The lowest BCUT2D eigenvalue weighted by Gasteiger charge is -2.52. The van der Waals surface area contributed by atoms with E-state index in [0.717, 1.165) is 5.95 Å². The zero-order valence-corrected chi connectivity index (χ0v) is 20.8. The lowest BCUT2D eigenvalue weighted by Crippen LogP contribution is -2.60. The highest BCUT2D eigenvalue weighted by molar-refractivity contribution is 7.41. The van der Waals surface area contributed by atoms with Gasteiger partial charge in [-0.25, -0.2) is 0 Å². The van der Waals surface area contributed by atoms with Crippen LogP contribution in [0.15, 0.2) is 23.7 Å². The molecule has 2 nitrogen and oxygen atoms in total. The summed E-state index contributed by atoms with van der Waals surface area (Å²) < 4.78 is 12.0. The number of ether oxygens (including phenoxy) is 1. The molecule has 0 aromatic rings. The molecule has 1 aliphatic carbocycles. The van der Waals surface area contributed by atoms with Gasteiger partial charge in [-0.3, -0.25) is 0 Å². The second kappa shape index (κ2) is 7.54. The maximum atomic E-state index is 6.16. The maximum absolute atomic E-state index is 6.16. The van der Waals surface area contributed by atoms with Gasteiger partial charge in [0.25, 0.3) is 5.95 Å². The Morgan fingerprint density at radius 1 is 1.12 bits per heavy atom. The predicted octanol–water partition coefficient (Wildman–Crippen LogP) is 6.71. The molecule has 5 heteroatoms. The van der Waals surface area contributed by atoms with Crippen molar-refractivity contribution in [2.75, 3.05) is 6.61 Å². The number of hydrogen-bond donors (Lipinski definition) is 0. The predicted molar refractivity (Wildman–Crippen MR) is 115 cm³/mol. The molecular weight excluding hydrogens is 344 g/mol. The quantitative estimate of drug-likeness (QED) is 0.358. The summed E-state index contributed by atoms with van der Waals surface area (Å²) >= 11 is 0. The average Bonchev–Trinajstić information content (AvgIpc) is 2.35. The molecule has 0 fully saturated rings. The van der Waals surface area contributed by atoms with Crippen molar-refractivity contribution in [2.24, 2.45) is 0 Å². The minimum Gasteiger partial charge on any atom is -0.520 e. The molecule has 0 N–H and O–H groups in total. The van der Waals surface area contributed by atoms with Gasteiger partial charge in [0.2, 0.25) is 8.32 Å². The Kier molecular flexibility index (Phi) is 6.84. The van der Waals surface area contributed by atoms with E-state index in [1.54, 1.807) is 0 Å². The van der Waals surface area contributed by atoms with E-state index in [1.165, 1.54) is 24.8 Å². The molecular formula is C19H40O2Si3. The molecule has 140 valence electrons. The van der Waals surface area contributed by atoms with Crippen molar-refractivity contribution in [1.82, 2.24) is 0 Å². The zero-order valence-electron chi connectivity index (χ0n) is 17.8. The van der Waals surface area contributed by atoms with Crippen molar-refractivity contribution in [3.63, 3.8) is 0 Å². The number of hydrogen-bond acceptors (Lipinski definition) is 2. The highest BCUT2D eigenvalue weighted by atomic mass is 29.3. The Morgan fingerprint density at radius 3 is 2.17 bits per heavy atom.